The average Bonchev–Trinajstić information content (AvgIpc) is 3.10. The first kappa shape index (κ1) is 15.3. The van der Waals surface area contributed by atoms with Crippen LogP contribution in [0, 0.1) is 6.92 Å². The number of para-hydroxylation sites is 2. The molecular formula is C20H22N3S+. The average molecular weight is 336 g/mol. The van der Waals surface area contributed by atoms with Gasteiger partial charge in [0.25, 0.3) is 5.82 Å². The summed E-state index contributed by atoms with van der Waals surface area (Å²) in [5, 5.41) is 0. The molecule has 0 radical (unpaired) electrons. The Hall–Kier alpha value is -2.20. The minimum absolute atomic E-state index is 0.0184. The van der Waals surface area contributed by atoms with Crippen molar-refractivity contribution in [1.82, 2.24) is 9.55 Å². The van der Waals surface area contributed by atoms with Gasteiger partial charge in [-0.1, -0.05) is 18.2 Å². The molecule has 2 aromatic heterocycles. The third kappa shape index (κ3) is 2.09. The quantitative estimate of drug-likeness (QED) is 0.457. The van der Waals surface area contributed by atoms with Gasteiger partial charge in [0.2, 0.25) is 0 Å². The van der Waals surface area contributed by atoms with Crippen LogP contribution in [0.3, 0.4) is 0 Å². The van der Waals surface area contributed by atoms with Gasteiger partial charge in [-0.25, -0.2) is 14.1 Å². The molecule has 4 heteroatoms. The van der Waals surface area contributed by atoms with Crippen LogP contribution in [-0.2, 0) is 12.6 Å². The van der Waals surface area contributed by atoms with E-state index in [1.54, 1.807) is 11.3 Å². The van der Waals surface area contributed by atoms with Gasteiger partial charge in [-0.05, 0) is 51.5 Å². The van der Waals surface area contributed by atoms with Crippen molar-refractivity contribution in [3.63, 3.8) is 0 Å². The molecule has 0 saturated carbocycles. The molecule has 24 heavy (non-hydrogen) atoms. The SMILES string of the molecule is Cc1ccc2ncsc2c1-c1n(C(C)(C)C)c2ccccc2[n+]1C. The second-order valence-corrected chi connectivity index (χ2v) is 8.19. The van der Waals surface area contributed by atoms with Crippen molar-refractivity contribution >= 4 is 32.6 Å². The minimum atomic E-state index is -0.0184. The van der Waals surface area contributed by atoms with Crippen LogP contribution in [0.25, 0.3) is 32.6 Å². The van der Waals surface area contributed by atoms with Crippen LogP contribution in [-0.4, -0.2) is 9.55 Å². The second-order valence-electron chi connectivity index (χ2n) is 7.34. The van der Waals surface area contributed by atoms with Crippen LogP contribution < -0.4 is 4.57 Å². The van der Waals surface area contributed by atoms with Gasteiger partial charge in [-0.15, -0.1) is 11.3 Å². The molecule has 0 bridgehead atoms. The highest BCUT2D eigenvalue weighted by Gasteiger charge is 2.33. The first-order valence-corrected chi connectivity index (χ1v) is 9.10. The van der Waals surface area contributed by atoms with E-state index in [0.29, 0.717) is 0 Å². The zero-order valence-corrected chi connectivity index (χ0v) is 15.6. The zero-order chi connectivity index (χ0) is 17.1. The van der Waals surface area contributed by atoms with Gasteiger partial charge in [-0.2, -0.15) is 0 Å². The van der Waals surface area contributed by atoms with Crippen LogP contribution in [0.15, 0.2) is 41.9 Å². The van der Waals surface area contributed by atoms with E-state index >= 15 is 0 Å². The molecule has 0 amide bonds. The van der Waals surface area contributed by atoms with Crippen LogP contribution in [0.4, 0.5) is 0 Å². The number of thiazole rings is 1. The predicted molar refractivity (Wildman–Crippen MR) is 101 cm³/mol. The number of nitrogens with zero attached hydrogens (tertiary/aromatic N) is 3. The Labute approximate surface area is 146 Å². The summed E-state index contributed by atoms with van der Waals surface area (Å²) in [4.78, 5) is 4.52. The fraction of sp³-hybridized carbons (Fsp3) is 0.300. The van der Waals surface area contributed by atoms with Gasteiger partial charge in [0.05, 0.1) is 28.3 Å². The monoisotopic (exact) mass is 336 g/mol. The number of imidazole rings is 1. The molecule has 3 nitrogen and oxygen atoms in total. The molecule has 0 saturated heterocycles. The van der Waals surface area contributed by atoms with E-state index < -0.39 is 0 Å². The highest BCUT2D eigenvalue weighted by Crippen LogP contribution is 2.37. The highest BCUT2D eigenvalue weighted by atomic mass is 32.1. The lowest BCUT2D eigenvalue weighted by atomic mass is 10.0. The van der Waals surface area contributed by atoms with Crippen LogP contribution in [0.1, 0.15) is 26.3 Å². The minimum Gasteiger partial charge on any atom is -0.245 e. The Balaban J connectivity index is 2.23. The lowest BCUT2D eigenvalue weighted by Gasteiger charge is -2.19. The summed E-state index contributed by atoms with van der Waals surface area (Å²) in [5.74, 6) is 1.25. The zero-order valence-electron chi connectivity index (χ0n) is 14.8. The van der Waals surface area contributed by atoms with Gasteiger partial charge in [0.15, 0.2) is 11.0 Å². The number of hydrogen-bond acceptors (Lipinski definition) is 2. The fourth-order valence-electron chi connectivity index (χ4n) is 3.58. The molecule has 122 valence electrons. The maximum absolute atomic E-state index is 4.52. The summed E-state index contributed by atoms with van der Waals surface area (Å²) in [7, 11) is 2.17. The Morgan fingerprint density at radius 3 is 2.58 bits per heavy atom. The summed E-state index contributed by atoms with van der Waals surface area (Å²) in [6, 6.07) is 12.9. The Bertz CT molecular complexity index is 1060. The van der Waals surface area contributed by atoms with E-state index in [4.69, 9.17) is 0 Å². The van der Waals surface area contributed by atoms with E-state index in [1.165, 1.54) is 32.7 Å². The van der Waals surface area contributed by atoms with E-state index in [1.807, 2.05) is 5.51 Å². The normalized spacial score (nSPS) is 12.4. The van der Waals surface area contributed by atoms with Crippen LogP contribution in [0.2, 0.25) is 0 Å². The third-order valence-corrected chi connectivity index (χ3v) is 5.48. The maximum Gasteiger partial charge on any atom is 0.291 e. The number of aromatic nitrogens is 3. The predicted octanol–water partition coefficient (Wildman–Crippen LogP) is 4.81. The van der Waals surface area contributed by atoms with E-state index in [2.05, 4.69) is 85.3 Å². The first-order chi connectivity index (χ1) is 11.4. The number of rotatable bonds is 1. The third-order valence-electron chi connectivity index (χ3n) is 4.62. The lowest BCUT2D eigenvalue weighted by Crippen LogP contribution is -2.33. The maximum atomic E-state index is 4.52. The summed E-state index contributed by atoms with van der Waals surface area (Å²) in [5.41, 5.74) is 8.10. The molecule has 0 fully saturated rings. The topological polar surface area (TPSA) is 21.7 Å². The first-order valence-electron chi connectivity index (χ1n) is 8.22. The van der Waals surface area contributed by atoms with Gasteiger partial charge < -0.3 is 0 Å². The van der Waals surface area contributed by atoms with Gasteiger partial charge >= 0.3 is 0 Å². The Morgan fingerprint density at radius 1 is 1.08 bits per heavy atom. The van der Waals surface area contributed by atoms with Gasteiger partial charge in [-0.3, -0.25) is 0 Å². The van der Waals surface area contributed by atoms with Crippen molar-refractivity contribution in [3.8, 4) is 11.4 Å². The molecule has 0 spiro atoms. The molecule has 0 aliphatic heterocycles. The summed E-state index contributed by atoms with van der Waals surface area (Å²) in [6.45, 7) is 9.00. The molecular weight excluding hydrogens is 314 g/mol. The van der Waals surface area contributed by atoms with Crippen molar-refractivity contribution in [1.29, 1.82) is 0 Å². The molecule has 0 aliphatic carbocycles. The molecule has 2 aromatic carbocycles. The van der Waals surface area contributed by atoms with Crippen LogP contribution >= 0.6 is 11.3 Å². The van der Waals surface area contributed by atoms with Crippen molar-refractivity contribution < 1.29 is 4.57 Å². The summed E-state index contributed by atoms with van der Waals surface area (Å²) < 4.78 is 6.05. The summed E-state index contributed by atoms with van der Waals surface area (Å²) in [6.07, 6.45) is 0. The van der Waals surface area contributed by atoms with E-state index in [0.717, 1.165) is 5.52 Å². The highest BCUT2D eigenvalue weighted by molar-refractivity contribution is 7.17. The molecule has 4 aromatic rings. The molecule has 0 aliphatic rings. The number of hydrogen-bond donors (Lipinski definition) is 0. The Kier molecular flexibility index (Phi) is 3.29. The number of aryl methyl sites for hydroxylation is 2. The number of benzene rings is 2. The largest absolute Gasteiger partial charge is 0.291 e. The van der Waals surface area contributed by atoms with Crippen molar-refractivity contribution in [2.24, 2.45) is 7.05 Å². The van der Waals surface area contributed by atoms with E-state index in [9.17, 15) is 0 Å². The fourth-order valence-corrected chi connectivity index (χ4v) is 4.46. The van der Waals surface area contributed by atoms with Gasteiger partial charge in [0.1, 0.15) is 5.54 Å². The Morgan fingerprint density at radius 2 is 1.83 bits per heavy atom. The van der Waals surface area contributed by atoms with Crippen molar-refractivity contribution in [3.05, 3.63) is 47.5 Å². The van der Waals surface area contributed by atoms with Crippen molar-refractivity contribution in [2.45, 2.75) is 33.2 Å². The molecule has 4 rings (SSSR count). The smallest absolute Gasteiger partial charge is 0.245 e. The van der Waals surface area contributed by atoms with E-state index in [-0.39, 0.29) is 5.54 Å². The van der Waals surface area contributed by atoms with Crippen molar-refractivity contribution in [2.75, 3.05) is 0 Å². The molecule has 0 atom stereocenters. The second kappa shape index (κ2) is 5.15. The standard InChI is InChI=1S/C20H22N3S/c1-13-10-11-14-18(24-12-21-14)17(13)19-22(5)15-8-6-7-9-16(15)23(19)20(2,3)4/h6-12H,1-5H3/q+1. The summed E-state index contributed by atoms with van der Waals surface area (Å²) >= 11 is 1.72. The molecule has 2 heterocycles. The van der Waals surface area contributed by atoms with Gasteiger partial charge in [0, 0.05) is 0 Å². The van der Waals surface area contributed by atoms with Crippen LogP contribution in [0.5, 0.6) is 0 Å². The lowest BCUT2D eigenvalue weighted by molar-refractivity contribution is -0.634. The molecule has 0 N–H and O–H groups in total. The molecule has 0 unspecified atom stereocenters. The number of fused-ring (bicyclic) bond motifs is 2.